The summed E-state index contributed by atoms with van der Waals surface area (Å²) in [4.78, 5) is 4.25. The molecule has 0 radical (unpaired) electrons. The topological polar surface area (TPSA) is 73.1 Å². The fourth-order valence-corrected chi connectivity index (χ4v) is 4.54. The number of hydrogen-bond donors (Lipinski definition) is 3. The Labute approximate surface area is 208 Å². The molecule has 1 saturated carbocycles. The standard InChI is InChI=1S/C25H34F4N4O3/c26-24(27)25(28,29)17-36-21-8-2-1-7-20(21)32-13-11-31(12-14-32)9-4-10-33-22(34)15-18(23(33)35)16-30-19-5-3-6-19/h1-2,7-8,15,19,24,30,34-35H,3-6,9-14,16-17H2. The minimum atomic E-state index is -4.21. The van der Waals surface area contributed by atoms with E-state index in [0.29, 0.717) is 43.5 Å². The highest BCUT2D eigenvalue weighted by molar-refractivity contribution is 5.58. The Morgan fingerprint density at radius 1 is 1.06 bits per heavy atom. The molecule has 0 spiro atoms. The third-order valence-electron chi connectivity index (χ3n) is 6.98. The Balaban J connectivity index is 1.23. The molecule has 2 fully saturated rings. The minimum absolute atomic E-state index is 0.0526. The molecule has 0 bridgehead atoms. The van der Waals surface area contributed by atoms with Gasteiger partial charge in [0.25, 0.3) is 0 Å². The maximum atomic E-state index is 13.3. The molecule has 2 heterocycles. The van der Waals surface area contributed by atoms with Crippen LogP contribution in [0.15, 0.2) is 30.3 Å². The van der Waals surface area contributed by atoms with Gasteiger partial charge in [-0.1, -0.05) is 18.6 Å². The van der Waals surface area contributed by atoms with E-state index in [1.807, 2.05) is 4.90 Å². The average molecular weight is 515 g/mol. The molecule has 1 aromatic heterocycles. The number of ether oxygens (including phenoxy) is 1. The maximum absolute atomic E-state index is 13.3. The molecule has 0 amide bonds. The van der Waals surface area contributed by atoms with Gasteiger partial charge in [0.15, 0.2) is 18.4 Å². The smallest absolute Gasteiger partial charge is 0.340 e. The van der Waals surface area contributed by atoms with Crippen LogP contribution in [0.4, 0.5) is 23.2 Å². The van der Waals surface area contributed by atoms with Gasteiger partial charge in [0.1, 0.15) is 5.75 Å². The number of rotatable bonds is 12. The zero-order chi connectivity index (χ0) is 25.7. The highest BCUT2D eigenvalue weighted by atomic mass is 19.3. The highest BCUT2D eigenvalue weighted by Gasteiger charge is 2.42. The predicted molar refractivity (Wildman–Crippen MR) is 128 cm³/mol. The molecule has 200 valence electrons. The second-order valence-corrected chi connectivity index (χ2v) is 9.51. The number of para-hydroxylation sites is 2. The Hall–Kier alpha value is -2.66. The van der Waals surface area contributed by atoms with Crippen molar-refractivity contribution in [3.8, 4) is 17.5 Å². The van der Waals surface area contributed by atoms with Crippen molar-refractivity contribution in [1.82, 2.24) is 14.8 Å². The number of alkyl halides is 4. The van der Waals surface area contributed by atoms with Crippen LogP contribution in [0.25, 0.3) is 0 Å². The molecule has 3 N–H and O–H groups in total. The van der Waals surface area contributed by atoms with Gasteiger partial charge in [-0.2, -0.15) is 8.78 Å². The van der Waals surface area contributed by atoms with E-state index in [1.54, 1.807) is 24.3 Å². The normalized spacial score (nSPS) is 17.5. The van der Waals surface area contributed by atoms with E-state index in [2.05, 4.69) is 10.2 Å². The van der Waals surface area contributed by atoms with E-state index in [9.17, 15) is 27.8 Å². The molecule has 4 rings (SSSR count). The van der Waals surface area contributed by atoms with Crippen molar-refractivity contribution in [1.29, 1.82) is 0 Å². The molecule has 11 heteroatoms. The van der Waals surface area contributed by atoms with Gasteiger partial charge in [-0.15, -0.1) is 0 Å². The molecule has 0 atom stereocenters. The number of benzene rings is 1. The second-order valence-electron chi connectivity index (χ2n) is 9.51. The molecule has 1 aromatic carbocycles. The fraction of sp³-hybridized carbons (Fsp3) is 0.600. The predicted octanol–water partition coefficient (Wildman–Crippen LogP) is 4.03. The molecular weight excluding hydrogens is 480 g/mol. The number of hydrogen-bond acceptors (Lipinski definition) is 6. The number of anilines is 1. The molecule has 1 aliphatic carbocycles. The van der Waals surface area contributed by atoms with Crippen LogP contribution >= 0.6 is 0 Å². The van der Waals surface area contributed by atoms with Crippen LogP contribution in [0.5, 0.6) is 17.5 Å². The molecule has 2 aromatic rings. The van der Waals surface area contributed by atoms with E-state index >= 15 is 0 Å². The van der Waals surface area contributed by atoms with Crippen molar-refractivity contribution < 1.29 is 32.5 Å². The van der Waals surface area contributed by atoms with Gasteiger partial charge in [0.2, 0.25) is 0 Å². The van der Waals surface area contributed by atoms with Crippen molar-refractivity contribution in [2.45, 2.75) is 57.2 Å². The van der Waals surface area contributed by atoms with Gasteiger partial charge in [-0.05, 0) is 37.9 Å². The largest absolute Gasteiger partial charge is 0.494 e. The average Bonchev–Trinajstić information content (AvgIpc) is 3.10. The van der Waals surface area contributed by atoms with Crippen molar-refractivity contribution in [3.05, 3.63) is 35.9 Å². The van der Waals surface area contributed by atoms with Crippen LogP contribution in [0.2, 0.25) is 0 Å². The van der Waals surface area contributed by atoms with Crippen LogP contribution in [0, 0.1) is 0 Å². The van der Waals surface area contributed by atoms with Crippen molar-refractivity contribution in [3.63, 3.8) is 0 Å². The van der Waals surface area contributed by atoms with Crippen LogP contribution in [-0.2, 0) is 13.1 Å². The third kappa shape index (κ3) is 6.36. The quantitative estimate of drug-likeness (QED) is 0.372. The third-order valence-corrected chi connectivity index (χ3v) is 6.98. The second kappa shape index (κ2) is 11.6. The van der Waals surface area contributed by atoms with Gasteiger partial charge in [-0.25, -0.2) is 8.78 Å². The lowest BCUT2D eigenvalue weighted by Gasteiger charge is -2.36. The maximum Gasteiger partial charge on any atom is 0.340 e. The number of aromatic hydroxyl groups is 2. The van der Waals surface area contributed by atoms with Crippen LogP contribution in [-0.4, -0.2) is 77.4 Å². The molecule has 0 unspecified atom stereocenters. The zero-order valence-electron chi connectivity index (χ0n) is 20.2. The van der Waals surface area contributed by atoms with Crippen molar-refractivity contribution in [2.75, 3.05) is 44.2 Å². The molecular formula is C25H34F4N4O3. The molecule has 2 aliphatic rings. The lowest BCUT2D eigenvalue weighted by atomic mass is 9.93. The Bertz CT molecular complexity index is 992. The summed E-state index contributed by atoms with van der Waals surface area (Å²) >= 11 is 0. The number of halogens is 4. The van der Waals surface area contributed by atoms with Gasteiger partial charge < -0.3 is 25.2 Å². The molecule has 1 aliphatic heterocycles. The van der Waals surface area contributed by atoms with Gasteiger partial charge in [0.05, 0.1) is 5.69 Å². The summed E-state index contributed by atoms with van der Waals surface area (Å²) in [6.07, 6.45) is 0.472. The summed E-state index contributed by atoms with van der Waals surface area (Å²) in [5.41, 5.74) is 1.30. The van der Waals surface area contributed by atoms with Crippen LogP contribution in [0.3, 0.4) is 0 Å². The first-order valence-electron chi connectivity index (χ1n) is 12.4. The van der Waals surface area contributed by atoms with Crippen LogP contribution < -0.4 is 15.0 Å². The van der Waals surface area contributed by atoms with Crippen molar-refractivity contribution in [2.24, 2.45) is 0 Å². The number of nitrogens with one attached hydrogen (secondary N) is 1. The lowest BCUT2D eigenvalue weighted by molar-refractivity contribution is -0.148. The summed E-state index contributed by atoms with van der Waals surface area (Å²) in [7, 11) is 0. The Morgan fingerprint density at radius 3 is 2.44 bits per heavy atom. The zero-order valence-corrected chi connectivity index (χ0v) is 20.2. The summed E-state index contributed by atoms with van der Waals surface area (Å²) in [6, 6.07) is 8.72. The highest BCUT2D eigenvalue weighted by Crippen LogP contribution is 2.32. The molecule has 7 nitrogen and oxygen atoms in total. The van der Waals surface area contributed by atoms with Gasteiger partial charge >= 0.3 is 12.3 Å². The monoisotopic (exact) mass is 514 g/mol. The summed E-state index contributed by atoms with van der Waals surface area (Å²) < 4.78 is 58.2. The van der Waals surface area contributed by atoms with E-state index in [1.165, 1.54) is 17.1 Å². The minimum Gasteiger partial charge on any atom is -0.494 e. The first kappa shape index (κ1) is 26.4. The molecule has 36 heavy (non-hydrogen) atoms. The molecule has 1 saturated heterocycles. The van der Waals surface area contributed by atoms with E-state index in [0.717, 1.165) is 38.9 Å². The lowest BCUT2D eigenvalue weighted by Crippen LogP contribution is -2.47. The van der Waals surface area contributed by atoms with Gasteiger partial charge in [0, 0.05) is 56.9 Å². The number of aromatic nitrogens is 1. The first-order valence-corrected chi connectivity index (χ1v) is 12.4. The first-order chi connectivity index (χ1) is 17.2. The van der Waals surface area contributed by atoms with Crippen LogP contribution in [0.1, 0.15) is 31.2 Å². The summed E-state index contributed by atoms with van der Waals surface area (Å²) in [5.74, 6) is -3.90. The van der Waals surface area contributed by atoms with E-state index < -0.39 is 19.0 Å². The Kier molecular flexibility index (Phi) is 8.50. The SMILES string of the molecule is Oc1cc(CNC2CCC2)c(O)n1CCCN1CCN(c2ccccc2OCC(F)(F)C(F)F)CC1. The number of nitrogens with zero attached hydrogens (tertiary/aromatic N) is 3. The van der Waals surface area contributed by atoms with Gasteiger partial charge in [-0.3, -0.25) is 9.47 Å². The van der Waals surface area contributed by atoms with Crippen molar-refractivity contribution >= 4 is 5.69 Å². The van der Waals surface area contributed by atoms with E-state index in [-0.39, 0.29) is 17.5 Å². The fourth-order valence-electron chi connectivity index (χ4n) is 4.54. The summed E-state index contributed by atoms with van der Waals surface area (Å²) in [5, 5.41) is 24.1. The Morgan fingerprint density at radius 2 is 1.78 bits per heavy atom. The number of piperazine rings is 1. The van der Waals surface area contributed by atoms with E-state index in [4.69, 9.17) is 4.74 Å². The summed E-state index contributed by atoms with van der Waals surface area (Å²) in [6.45, 7) is 3.10.